The van der Waals surface area contributed by atoms with E-state index in [9.17, 15) is 9.18 Å². The lowest BCUT2D eigenvalue weighted by atomic mass is 10.2. The van der Waals surface area contributed by atoms with E-state index in [2.05, 4.69) is 22.1 Å². The lowest BCUT2D eigenvalue weighted by molar-refractivity contribution is -0.00539. The molecule has 0 radical (unpaired) electrons. The molecule has 0 saturated carbocycles. The molecule has 1 aliphatic rings. The number of thioether (sulfide) groups is 1. The van der Waals surface area contributed by atoms with Crippen LogP contribution in [0.4, 0.5) is 20.6 Å². The Morgan fingerprint density at radius 2 is 2.11 bits per heavy atom. The lowest BCUT2D eigenvalue weighted by Crippen LogP contribution is -2.45. The second-order valence-electron chi connectivity index (χ2n) is 6.84. The zero-order chi connectivity index (χ0) is 19.9. The van der Waals surface area contributed by atoms with Crippen molar-refractivity contribution in [1.82, 2.24) is 5.32 Å². The van der Waals surface area contributed by atoms with Gasteiger partial charge in [0.15, 0.2) is 0 Å². The van der Waals surface area contributed by atoms with Crippen LogP contribution in [0.3, 0.4) is 0 Å². The molecule has 2 unspecified atom stereocenters. The highest BCUT2D eigenvalue weighted by Gasteiger charge is 2.24. The Morgan fingerprint density at radius 3 is 2.79 bits per heavy atom. The summed E-state index contributed by atoms with van der Waals surface area (Å²) >= 11 is 3.51. The molecule has 5 nitrogen and oxygen atoms in total. The predicted molar refractivity (Wildman–Crippen MR) is 116 cm³/mol. The molecular formula is C20H26FN3O2S2. The molecule has 1 aromatic heterocycles. The largest absolute Gasteiger partial charge is 0.372 e. The van der Waals surface area contributed by atoms with Gasteiger partial charge >= 0.3 is 6.03 Å². The molecule has 2 N–H and O–H groups in total. The van der Waals surface area contributed by atoms with Crippen molar-refractivity contribution in [3.05, 3.63) is 46.4 Å². The number of halogens is 1. The third kappa shape index (κ3) is 6.12. The number of ether oxygens (including phenoxy) is 1. The zero-order valence-corrected chi connectivity index (χ0v) is 17.7. The van der Waals surface area contributed by atoms with Gasteiger partial charge < -0.3 is 20.3 Å². The molecule has 0 spiro atoms. The maximum Gasteiger partial charge on any atom is 0.319 e. The number of carbonyl (C=O) groups is 1. The van der Waals surface area contributed by atoms with Gasteiger partial charge in [-0.25, -0.2) is 9.18 Å². The monoisotopic (exact) mass is 423 g/mol. The summed E-state index contributed by atoms with van der Waals surface area (Å²) in [6.07, 6.45) is 0.119. The molecule has 3 rings (SSSR count). The van der Waals surface area contributed by atoms with Crippen LogP contribution in [0.5, 0.6) is 0 Å². The van der Waals surface area contributed by atoms with Crippen molar-refractivity contribution in [2.75, 3.05) is 35.6 Å². The molecule has 0 bridgehead atoms. The minimum Gasteiger partial charge on any atom is -0.372 e. The minimum atomic E-state index is -0.342. The molecule has 1 saturated heterocycles. The van der Waals surface area contributed by atoms with E-state index in [4.69, 9.17) is 4.74 Å². The van der Waals surface area contributed by atoms with Crippen LogP contribution in [0.15, 0.2) is 35.7 Å². The average molecular weight is 424 g/mol. The van der Waals surface area contributed by atoms with Gasteiger partial charge in [-0.15, -0.1) is 11.3 Å². The second kappa shape index (κ2) is 10.1. The second-order valence-corrected chi connectivity index (χ2v) is 8.98. The van der Waals surface area contributed by atoms with Crippen molar-refractivity contribution in [1.29, 1.82) is 0 Å². The first kappa shape index (κ1) is 21.0. The first-order valence-corrected chi connectivity index (χ1v) is 11.4. The number of hydrogen-bond acceptors (Lipinski definition) is 5. The van der Waals surface area contributed by atoms with Crippen LogP contribution < -0.4 is 15.5 Å². The third-order valence-corrected chi connectivity index (χ3v) is 6.39. The Bertz CT molecular complexity index is 763. The van der Waals surface area contributed by atoms with E-state index in [-0.39, 0.29) is 24.1 Å². The quantitative estimate of drug-likeness (QED) is 0.641. The van der Waals surface area contributed by atoms with E-state index in [1.807, 2.05) is 24.8 Å². The van der Waals surface area contributed by atoms with Crippen LogP contribution >= 0.6 is 23.1 Å². The Morgan fingerprint density at radius 1 is 1.32 bits per heavy atom. The highest BCUT2D eigenvalue weighted by molar-refractivity contribution is 7.98. The number of carbonyl (C=O) groups excluding carboxylic acids is 1. The summed E-state index contributed by atoms with van der Waals surface area (Å²) in [6, 6.07) is 8.63. The summed E-state index contributed by atoms with van der Waals surface area (Å²) in [7, 11) is 0. The number of hydrogen-bond donors (Lipinski definition) is 2. The number of thiophene rings is 1. The van der Waals surface area contributed by atoms with Gasteiger partial charge in [0.25, 0.3) is 0 Å². The van der Waals surface area contributed by atoms with Gasteiger partial charge in [0, 0.05) is 41.7 Å². The van der Waals surface area contributed by atoms with E-state index < -0.39 is 0 Å². The van der Waals surface area contributed by atoms with Gasteiger partial charge in [0.1, 0.15) is 5.82 Å². The van der Waals surface area contributed by atoms with Gasteiger partial charge in [0.2, 0.25) is 0 Å². The van der Waals surface area contributed by atoms with Crippen molar-refractivity contribution in [2.45, 2.75) is 31.8 Å². The van der Waals surface area contributed by atoms with Gasteiger partial charge in [-0.2, -0.15) is 11.8 Å². The van der Waals surface area contributed by atoms with Crippen LogP contribution in [0.1, 0.15) is 18.7 Å². The van der Waals surface area contributed by atoms with Crippen LogP contribution in [0.2, 0.25) is 0 Å². The summed E-state index contributed by atoms with van der Waals surface area (Å²) in [4.78, 5) is 15.3. The molecule has 2 amide bonds. The fourth-order valence-corrected chi connectivity index (χ4v) is 4.89. The summed E-state index contributed by atoms with van der Waals surface area (Å²) < 4.78 is 20.3. The van der Waals surface area contributed by atoms with Gasteiger partial charge in [-0.05, 0) is 43.5 Å². The first-order chi connectivity index (χ1) is 13.5. The predicted octanol–water partition coefficient (Wildman–Crippen LogP) is 4.56. The van der Waals surface area contributed by atoms with Crippen LogP contribution in [0, 0.1) is 5.82 Å². The van der Waals surface area contributed by atoms with E-state index >= 15 is 0 Å². The highest BCUT2D eigenvalue weighted by Crippen LogP contribution is 2.26. The lowest BCUT2D eigenvalue weighted by Gasteiger charge is -2.37. The van der Waals surface area contributed by atoms with Crippen molar-refractivity contribution in [3.8, 4) is 0 Å². The van der Waals surface area contributed by atoms with E-state index in [1.54, 1.807) is 35.2 Å². The molecular weight excluding hydrogens is 397 g/mol. The molecule has 28 heavy (non-hydrogen) atoms. The third-order valence-electron chi connectivity index (χ3n) is 4.32. The first-order valence-electron chi connectivity index (χ1n) is 9.36. The van der Waals surface area contributed by atoms with E-state index in [0.717, 1.165) is 11.5 Å². The minimum absolute atomic E-state index is 0.0596. The fourth-order valence-electron chi connectivity index (χ4n) is 3.20. The number of rotatable bonds is 7. The summed E-state index contributed by atoms with van der Waals surface area (Å²) in [5.41, 5.74) is 0.984. The van der Waals surface area contributed by atoms with Gasteiger partial charge in [-0.3, -0.25) is 0 Å². The number of anilines is 2. The van der Waals surface area contributed by atoms with E-state index in [0.29, 0.717) is 31.0 Å². The Labute approximate surface area is 173 Å². The Balaban J connectivity index is 1.43. The van der Waals surface area contributed by atoms with Crippen molar-refractivity contribution >= 4 is 40.5 Å². The van der Waals surface area contributed by atoms with Crippen LogP contribution in [0.25, 0.3) is 0 Å². The highest BCUT2D eigenvalue weighted by atomic mass is 32.2. The zero-order valence-electron chi connectivity index (χ0n) is 16.1. The number of nitrogens with one attached hydrogen (secondary N) is 2. The van der Waals surface area contributed by atoms with Gasteiger partial charge in [-0.1, -0.05) is 6.07 Å². The summed E-state index contributed by atoms with van der Waals surface area (Å²) in [5.74, 6) is 1.43. The van der Waals surface area contributed by atoms with Crippen molar-refractivity contribution < 1.29 is 13.9 Å². The SMILES string of the molecule is CC1CN(c2ccc(NC(=O)NCCSCc3cccs3)cc2F)CC(C)O1. The van der Waals surface area contributed by atoms with Gasteiger partial charge in [0.05, 0.1) is 17.9 Å². The Hall–Kier alpha value is -1.77. The normalized spacial score (nSPS) is 19.5. The number of nitrogens with zero attached hydrogens (tertiary/aromatic N) is 1. The number of amides is 2. The maximum absolute atomic E-state index is 14.6. The van der Waals surface area contributed by atoms with Crippen LogP contribution in [-0.2, 0) is 10.5 Å². The molecule has 8 heteroatoms. The standard InChI is InChI=1S/C20H26FN3O2S2/c1-14-11-24(12-15(2)26-14)19-6-5-16(10-18(19)21)23-20(25)22-7-9-27-13-17-4-3-8-28-17/h3-6,8,10,14-15H,7,9,11-13H2,1-2H3,(H2,22,23,25). The Kier molecular flexibility index (Phi) is 7.58. The summed E-state index contributed by atoms with van der Waals surface area (Å²) in [5, 5.41) is 7.56. The van der Waals surface area contributed by atoms with E-state index in [1.165, 1.54) is 10.9 Å². The smallest absolute Gasteiger partial charge is 0.319 e. The molecule has 1 fully saturated rings. The molecule has 2 atom stereocenters. The molecule has 1 aliphatic heterocycles. The number of morpholine rings is 1. The molecule has 2 heterocycles. The maximum atomic E-state index is 14.6. The molecule has 0 aliphatic carbocycles. The summed E-state index contributed by atoms with van der Waals surface area (Å²) in [6.45, 7) is 5.83. The van der Waals surface area contributed by atoms with Crippen molar-refractivity contribution in [3.63, 3.8) is 0 Å². The van der Waals surface area contributed by atoms with Crippen molar-refractivity contribution in [2.24, 2.45) is 0 Å². The van der Waals surface area contributed by atoms with Crippen LogP contribution in [-0.4, -0.2) is 43.6 Å². The average Bonchev–Trinajstić information content (AvgIpc) is 3.14. The number of benzene rings is 1. The number of urea groups is 1. The molecule has 1 aromatic carbocycles. The molecule has 2 aromatic rings. The fraction of sp³-hybridized carbons (Fsp3) is 0.450. The molecule has 152 valence electrons. The topological polar surface area (TPSA) is 53.6 Å².